The number of carbonyl (C=O) groups excluding carboxylic acids is 1. The summed E-state index contributed by atoms with van der Waals surface area (Å²) in [6.07, 6.45) is 0. The smallest absolute Gasteiger partial charge is 0.247 e. The lowest BCUT2D eigenvalue weighted by atomic mass is 10.0. The minimum Gasteiger partial charge on any atom is -0.356 e. The van der Waals surface area contributed by atoms with Gasteiger partial charge in [0.15, 0.2) is 11.6 Å². The van der Waals surface area contributed by atoms with Crippen molar-refractivity contribution in [2.75, 3.05) is 22.6 Å². The highest BCUT2D eigenvalue weighted by Gasteiger charge is 2.31. The van der Waals surface area contributed by atoms with Gasteiger partial charge in [0.1, 0.15) is 17.6 Å². The number of rotatable bonds is 4. The van der Waals surface area contributed by atoms with Crippen molar-refractivity contribution in [1.29, 1.82) is 0 Å². The van der Waals surface area contributed by atoms with Gasteiger partial charge in [-0.3, -0.25) is 4.79 Å². The van der Waals surface area contributed by atoms with E-state index in [2.05, 4.69) is 32.0 Å². The molecule has 6 nitrogen and oxygen atoms in total. The molecule has 7 heteroatoms. The number of nitrogens with zero attached hydrogens (tertiary/aromatic N) is 3. The van der Waals surface area contributed by atoms with Crippen LogP contribution < -0.4 is 15.5 Å². The van der Waals surface area contributed by atoms with Gasteiger partial charge in [-0.25, -0.2) is 9.97 Å². The molecule has 1 amide bonds. The van der Waals surface area contributed by atoms with Gasteiger partial charge in [-0.15, -0.1) is 11.3 Å². The summed E-state index contributed by atoms with van der Waals surface area (Å²) in [6, 6.07) is 3.85. The fraction of sp³-hybridized carbons (Fsp3) is 0.438. The molecule has 0 saturated carbocycles. The van der Waals surface area contributed by atoms with E-state index in [1.54, 1.807) is 11.3 Å². The fourth-order valence-electron chi connectivity index (χ4n) is 2.65. The average molecular weight is 331 g/mol. The van der Waals surface area contributed by atoms with E-state index in [0.717, 1.165) is 12.4 Å². The Balaban J connectivity index is 1.95. The highest BCUT2D eigenvalue weighted by molar-refractivity contribution is 7.09. The topological polar surface area (TPSA) is 70.2 Å². The third-order valence-corrected chi connectivity index (χ3v) is 4.69. The molecule has 23 heavy (non-hydrogen) atoms. The van der Waals surface area contributed by atoms with Crippen LogP contribution in [0.15, 0.2) is 17.5 Å². The van der Waals surface area contributed by atoms with E-state index in [1.165, 1.54) is 4.88 Å². The summed E-state index contributed by atoms with van der Waals surface area (Å²) in [7, 11) is 1.97. The van der Waals surface area contributed by atoms with Crippen LogP contribution in [0.2, 0.25) is 0 Å². The van der Waals surface area contributed by atoms with Gasteiger partial charge in [0.05, 0.1) is 6.54 Å². The second-order valence-corrected chi connectivity index (χ2v) is 7.14. The molecule has 0 saturated heterocycles. The largest absolute Gasteiger partial charge is 0.356 e. The van der Waals surface area contributed by atoms with E-state index in [9.17, 15) is 4.79 Å². The Morgan fingerprint density at radius 1 is 1.39 bits per heavy atom. The molecule has 3 rings (SSSR count). The van der Waals surface area contributed by atoms with Crippen molar-refractivity contribution in [3.63, 3.8) is 0 Å². The monoisotopic (exact) mass is 331 g/mol. The van der Waals surface area contributed by atoms with E-state index in [4.69, 9.17) is 0 Å². The van der Waals surface area contributed by atoms with Gasteiger partial charge in [0.2, 0.25) is 5.91 Å². The first kappa shape index (κ1) is 15.7. The highest BCUT2D eigenvalue weighted by atomic mass is 32.1. The van der Waals surface area contributed by atoms with Crippen LogP contribution in [0.1, 0.15) is 24.5 Å². The summed E-state index contributed by atoms with van der Waals surface area (Å²) in [6.45, 7) is 6.63. The molecule has 3 heterocycles. The van der Waals surface area contributed by atoms with E-state index < -0.39 is 0 Å². The SMILES string of the molecule is Cc1nc2c(c(N(C)Cc3cccs3)n1)NC(=O)C(C(C)C)N2. The number of fused-ring (bicyclic) bond motifs is 1. The molecule has 0 spiro atoms. The zero-order chi connectivity index (χ0) is 16.6. The Kier molecular flexibility index (Phi) is 4.21. The molecule has 1 aliphatic rings. The molecule has 0 radical (unpaired) electrons. The number of hydrogen-bond donors (Lipinski definition) is 2. The molecular formula is C16H21N5OS. The van der Waals surface area contributed by atoms with Crippen molar-refractivity contribution in [3.05, 3.63) is 28.2 Å². The maximum Gasteiger partial charge on any atom is 0.247 e. The van der Waals surface area contributed by atoms with Gasteiger partial charge in [-0.1, -0.05) is 19.9 Å². The number of carbonyl (C=O) groups is 1. The van der Waals surface area contributed by atoms with Crippen molar-refractivity contribution < 1.29 is 4.79 Å². The molecule has 0 aromatic carbocycles. The summed E-state index contributed by atoms with van der Waals surface area (Å²) in [5.74, 6) is 2.27. The maximum absolute atomic E-state index is 12.3. The van der Waals surface area contributed by atoms with E-state index in [0.29, 0.717) is 17.3 Å². The average Bonchev–Trinajstić information content (AvgIpc) is 2.99. The lowest BCUT2D eigenvalue weighted by molar-refractivity contribution is -0.117. The predicted octanol–water partition coefficient (Wildman–Crippen LogP) is 2.87. The number of amides is 1. The highest BCUT2D eigenvalue weighted by Crippen LogP contribution is 2.35. The second-order valence-electron chi connectivity index (χ2n) is 6.11. The Morgan fingerprint density at radius 2 is 2.17 bits per heavy atom. The molecule has 1 unspecified atom stereocenters. The molecule has 0 bridgehead atoms. The minimum atomic E-state index is -0.271. The van der Waals surface area contributed by atoms with Crippen LogP contribution in [0.5, 0.6) is 0 Å². The molecule has 2 aromatic rings. The Morgan fingerprint density at radius 3 is 2.83 bits per heavy atom. The van der Waals surface area contributed by atoms with Crippen LogP contribution in [0, 0.1) is 12.8 Å². The van der Waals surface area contributed by atoms with Crippen molar-refractivity contribution in [2.24, 2.45) is 5.92 Å². The van der Waals surface area contributed by atoms with Crippen molar-refractivity contribution in [2.45, 2.75) is 33.4 Å². The second kappa shape index (κ2) is 6.16. The maximum atomic E-state index is 12.3. The lowest BCUT2D eigenvalue weighted by Crippen LogP contribution is -2.43. The normalized spacial score (nSPS) is 16.7. The standard InChI is InChI=1S/C16H21N5OS/c1-9(2)12-16(22)20-13-14(19-12)17-10(3)18-15(13)21(4)8-11-6-5-7-23-11/h5-7,9,12H,8H2,1-4H3,(H,20,22)(H,17,18,19). The van der Waals surface area contributed by atoms with Gasteiger partial charge in [-0.2, -0.15) is 0 Å². The third kappa shape index (κ3) is 3.14. The van der Waals surface area contributed by atoms with Crippen molar-refractivity contribution >= 4 is 34.6 Å². The summed E-state index contributed by atoms with van der Waals surface area (Å²) >= 11 is 1.70. The summed E-state index contributed by atoms with van der Waals surface area (Å²) in [5, 5.41) is 8.29. The molecule has 0 aliphatic carbocycles. The van der Waals surface area contributed by atoms with Crippen molar-refractivity contribution in [3.8, 4) is 0 Å². The van der Waals surface area contributed by atoms with Crippen LogP contribution in [-0.2, 0) is 11.3 Å². The number of nitrogens with one attached hydrogen (secondary N) is 2. The molecule has 122 valence electrons. The van der Waals surface area contributed by atoms with Crippen LogP contribution in [0.25, 0.3) is 0 Å². The minimum absolute atomic E-state index is 0.0364. The quantitative estimate of drug-likeness (QED) is 0.901. The third-order valence-electron chi connectivity index (χ3n) is 3.83. The van der Waals surface area contributed by atoms with E-state index in [-0.39, 0.29) is 17.9 Å². The zero-order valence-corrected chi connectivity index (χ0v) is 14.6. The predicted molar refractivity (Wildman–Crippen MR) is 94.1 cm³/mol. The molecule has 2 N–H and O–H groups in total. The number of anilines is 3. The van der Waals surface area contributed by atoms with Crippen LogP contribution >= 0.6 is 11.3 Å². The van der Waals surface area contributed by atoms with Crippen LogP contribution in [-0.4, -0.2) is 29.0 Å². The van der Waals surface area contributed by atoms with Gasteiger partial charge in [-0.05, 0) is 24.3 Å². The van der Waals surface area contributed by atoms with Crippen LogP contribution in [0.3, 0.4) is 0 Å². The summed E-state index contributed by atoms with van der Waals surface area (Å²) < 4.78 is 0. The number of hydrogen-bond acceptors (Lipinski definition) is 6. The molecule has 1 aliphatic heterocycles. The number of aromatic nitrogens is 2. The number of thiophene rings is 1. The molecule has 1 atom stereocenters. The Bertz CT molecular complexity index is 714. The molecular weight excluding hydrogens is 310 g/mol. The van der Waals surface area contributed by atoms with Gasteiger partial charge >= 0.3 is 0 Å². The first-order chi connectivity index (χ1) is 11.0. The summed E-state index contributed by atoms with van der Waals surface area (Å²) in [4.78, 5) is 24.6. The van der Waals surface area contributed by atoms with Crippen LogP contribution in [0.4, 0.5) is 17.3 Å². The van der Waals surface area contributed by atoms with E-state index >= 15 is 0 Å². The van der Waals surface area contributed by atoms with Gasteiger partial charge < -0.3 is 15.5 Å². The zero-order valence-electron chi connectivity index (χ0n) is 13.8. The number of aryl methyl sites for hydroxylation is 1. The van der Waals surface area contributed by atoms with Crippen molar-refractivity contribution in [1.82, 2.24) is 9.97 Å². The first-order valence-electron chi connectivity index (χ1n) is 7.65. The molecule has 0 fully saturated rings. The summed E-state index contributed by atoms with van der Waals surface area (Å²) in [5.41, 5.74) is 0.663. The first-order valence-corrected chi connectivity index (χ1v) is 8.53. The lowest BCUT2D eigenvalue weighted by Gasteiger charge is -2.31. The molecule has 2 aromatic heterocycles. The fourth-order valence-corrected chi connectivity index (χ4v) is 3.41. The Hall–Kier alpha value is -2.15. The van der Waals surface area contributed by atoms with Gasteiger partial charge in [0, 0.05) is 11.9 Å². The van der Waals surface area contributed by atoms with Gasteiger partial charge in [0.25, 0.3) is 0 Å². The Labute approximate surface area is 140 Å². The van der Waals surface area contributed by atoms with E-state index in [1.807, 2.05) is 38.8 Å².